The van der Waals surface area contributed by atoms with Crippen molar-refractivity contribution >= 4 is 0 Å². The van der Waals surface area contributed by atoms with E-state index < -0.39 is 11.8 Å². The lowest BCUT2D eigenvalue weighted by Crippen LogP contribution is -2.16. The first-order valence-corrected chi connectivity index (χ1v) is 4.09. The standard InChI is InChI=1S/C10H10F2/c11-9(12)10(6-7-10)8-4-2-1-3-5-8/h1-5,9H,6-7H2. The molecule has 0 spiro atoms. The molecule has 1 aliphatic carbocycles. The molecule has 1 aliphatic rings. The van der Waals surface area contributed by atoms with E-state index in [1.54, 1.807) is 12.1 Å². The van der Waals surface area contributed by atoms with Crippen LogP contribution in [0.5, 0.6) is 0 Å². The van der Waals surface area contributed by atoms with Gasteiger partial charge in [-0.15, -0.1) is 0 Å². The van der Waals surface area contributed by atoms with Gasteiger partial charge in [-0.25, -0.2) is 8.78 Å². The van der Waals surface area contributed by atoms with E-state index >= 15 is 0 Å². The normalized spacial score (nSPS) is 19.6. The second kappa shape index (κ2) is 2.54. The Morgan fingerprint density at radius 3 is 2.08 bits per heavy atom. The van der Waals surface area contributed by atoms with E-state index in [9.17, 15) is 8.78 Å². The summed E-state index contributed by atoms with van der Waals surface area (Å²) < 4.78 is 25.1. The van der Waals surface area contributed by atoms with Crippen LogP contribution in [0.1, 0.15) is 18.4 Å². The predicted octanol–water partition coefficient (Wildman–Crippen LogP) is 2.98. The Bertz CT molecular complexity index is 262. The average molecular weight is 168 g/mol. The van der Waals surface area contributed by atoms with Gasteiger partial charge in [0.25, 0.3) is 0 Å². The van der Waals surface area contributed by atoms with Crippen LogP contribution < -0.4 is 0 Å². The fourth-order valence-electron chi connectivity index (χ4n) is 1.54. The molecule has 1 aromatic rings. The van der Waals surface area contributed by atoms with E-state index in [2.05, 4.69) is 0 Å². The molecule has 0 radical (unpaired) electrons. The van der Waals surface area contributed by atoms with Crippen molar-refractivity contribution in [2.75, 3.05) is 0 Å². The van der Waals surface area contributed by atoms with Crippen molar-refractivity contribution in [1.82, 2.24) is 0 Å². The van der Waals surface area contributed by atoms with Crippen LogP contribution in [-0.2, 0) is 5.41 Å². The zero-order valence-corrected chi connectivity index (χ0v) is 6.63. The number of rotatable bonds is 2. The van der Waals surface area contributed by atoms with Gasteiger partial charge in [-0.2, -0.15) is 0 Å². The van der Waals surface area contributed by atoms with Crippen molar-refractivity contribution in [2.24, 2.45) is 0 Å². The minimum Gasteiger partial charge on any atom is -0.210 e. The summed E-state index contributed by atoms with van der Waals surface area (Å²) in [4.78, 5) is 0. The Labute approximate surface area is 70.2 Å². The van der Waals surface area contributed by atoms with Crippen molar-refractivity contribution in [3.63, 3.8) is 0 Å². The molecule has 2 rings (SSSR count). The second-order valence-corrected chi connectivity index (χ2v) is 3.32. The molecule has 0 unspecified atom stereocenters. The third-order valence-corrected chi connectivity index (χ3v) is 2.56. The molecule has 0 amide bonds. The Kier molecular flexibility index (Phi) is 1.63. The largest absolute Gasteiger partial charge is 0.248 e. The van der Waals surface area contributed by atoms with E-state index in [4.69, 9.17) is 0 Å². The van der Waals surface area contributed by atoms with Gasteiger partial charge >= 0.3 is 0 Å². The maximum atomic E-state index is 12.6. The van der Waals surface area contributed by atoms with E-state index in [0.29, 0.717) is 12.8 Å². The lowest BCUT2D eigenvalue weighted by Gasteiger charge is -2.13. The number of hydrogen-bond acceptors (Lipinski definition) is 0. The molecule has 12 heavy (non-hydrogen) atoms. The summed E-state index contributed by atoms with van der Waals surface area (Å²) in [7, 11) is 0. The molecule has 0 atom stereocenters. The summed E-state index contributed by atoms with van der Waals surface area (Å²) in [6, 6.07) is 9.07. The summed E-state index contributed by atoms with van der Waals surface area (Å²) >= 11 is 0. The molecule has 1 saturated carbocycles. The van der Waals surface area contributed by atoms with Crippen molar-refractivity contribution < 1.29 is 8.78 Å². The highest BCUT2D eigenvalue weighted by Crippen LogP contribution is 2.52. The van der Waals surface area contributed by atoms with E-state index in [1.165, 1.54) is 0 Å². The van der Waals surface area contributed by atoms with Crippen LogP contribution in [0.2, 0.25) is 0 Å². The highest BCUT2D eigenvalue weighted by molar-refractivity contribution is 5.31. The van der Waals surface area contributed by atoms with Crippen LogP contribution in [0.4, 0.5) is 8.78 Å². The maximum Gasteiger partial charge on any atom is 0.248 e. The van der Waals surface area contributed by atoms with Crippen LogP contribution in [0.3, 0.4) is 0 Å². The van der Waals surface area contributed by atoms with Crippen LogP contribution in [-0.4, -0.2) is 6.43 Å². The number of hydrogen-bond donors (Lipinski definition) is 0. The molecule has 1 fully saturated rings. The average Bonchev–Trinajstić information content (AvgIpc) is 2.86. The highest BCUT2D eigenvalue weighted by Gasteiger charge is 2.52. The monoisotopic (exact) mass is 168 g/mol. The molecule has 1 aromatic carbocycles. The lowest BCUT2D eigenvalue weighted by atomic mass is 9.97. The third kappa shape index (κ3) is 1.02. The Morgan fingerprint density at radius 1 is 1.08 bits per heavy atom. The fourth-order valence-corrected chi connectivity index (χ4v) is 1.54. The predicted molar refractivity (Wildman–Crippen MR) is 43.4 cm³/mol. The van der Waals surface area contributed by atoms with E-state index in [-0.39, 0.29) is 0 Å². The number of benzene rings is 1. The minimum atomic E-state index is -2.21. The van der Waals surface area contributed by atoms with Gasteiger partial charge < -0.3 is 0 Å². The van der Waals surface area contributed by atoms with Crippen molar-refractivity contribution in [1.29, 1.82) is 0 Å². The molecule has 0 heterocycles. The van der Waals surface area contributed by atoms with Gasteiger partial charge in [0.05, 0.1) is 5.41 Å². The quantitative estimate of drug-likeness (QED) is 0.636. The number of alkyl halides is 2. The topological polar surface area (TPSA) is 0 Å². The van der Waals surface area contributed by atoms with Gasteiger partial charge in [0, 0.05) is 0 Å². The summed E-state index contributed by atoms with van der Waals surface area (Å²) in [5.74, 6) is 0. The van der Waals surface area contributed by atoms with Crippen molar-refractivity contribution in [2.45, 2.75) is 24.7 Å². The van der Waals surface area contributed by atoms with Crippen LogP contribution in [0, 0.1) is 0 Å². The fraction of sp³-hybridized carbons (Fsp3) is 0.400. The molecule has 0 aliphatic heterocycles. The molecular weight excluding hydrogens is 158 g/mol. The Morgan fingerprint density at radius 2 is 1.67 bits per heavy atom. The number of halogens is 2. The van der Waals surface area contributed by atoms with Gasteiger partial charge in [-0.3, -0.25) is 0 Å². The van der Waals surface area contributed by atoms with Crippen LogP contribution in [0.25, 0.3) is 0 Å². The van der Waals surface area contributed by atoms with E-state index in [0.717, 1.165) is 5.56 Å². The lowest BCUT2D eigenvalue weighted by molar-refractivity contribution is 0.102. The van der Waals surface area contributed by atoms with Crippen LogP contribution in [0.15, 0.2) is 30.3 Å². The molecule has 0 bridgehead atoms. The molecule has 64 valence electrons. The summed E-state index contributed by atoms with van der Waals surface area (Å²) in [6.45, 7) is 0. The van der Waals surface area contributed by atoms with Gasteiger partial charge in [0.1, 0.15) is 0 Å². The maximum absolute atomic E-state index is 12.6. The van der Waals surface area contributed by atoms with E-state index in [1.807, 2.05) is 18.2 Å². The summed E-state index contributed by atoms with van der Waals surface area (Å²) in [5, 5.41) is 0. The smallest absolute Gasteiger partial charge is 0.210 e. The zero-order chi connectivity index (χ0) is 8.60. The SMILES string of the molecule is FC(F)C1(c2ccccc2)CC1. The zero-order valence-electron chi connectivity index (χ0n) is 6.63. The third-order valence-electron chi connectivity index (χ3n) is 2.56. The Balaban J connectivity index is 2.31. The molecule has 2 heteroatoms. The van der Waals surface area contributed by atoms with Gasteiger partial charge in [-0.1, -0.05) is 30.3 Å². The molecular formula is C10H10F2. The molecule has 0 nitrogen and oxygen atoms in total. The summed E-state index contributed by atoms with van der Waals surface area (Å²) in [6.07, 6.45) is -0.941. The first kappa shape index (κ1) is 7.71. The first-order chi connectivity index (χ1) is 5.76. The van der Waals surface area contributed by atoms with Crippen molar-refractivity contribution in [3.05, 3.63) is 35.9 Å². The van der Waals surface area contributed by atoms with Crippen LogP contribution >= 0.6 is 0 Å². The van der Waals surface area contributed by atoms with Gasteiger partial charge in [0.2, 0.25) is 6.43 Å². The molecule has 0 aromatic heterocycles. The minimum absolute atomic E-state index is 0.634. The molecule has 0 saturated heterocycles. The van der Waals surface area contributed by atoms with Crippen molar-refractivity contribution in [3.8, 4) is 0 Å². The first-order valence-electron chi connectivity index (χ1n) is 4.09. The Hall–Kier alpha value is -0.920. The van der Waals surface area contributed by atoms with Gasteiger partial charge in [0.15, 0.2) is 0 Å². The second-order valence-electron chi connectivity index (χ2n) is 3.32. The highest BCUT2D eigenvalue weighted by atomic mass is 19.3. The summed E-state index contributed by atoms with van der Waals surface area (Å²) in [5.41, 5.74) is 0.00125. The van der Waals surface area contributed by atoms with Gasteiger partial charge in [-0.05, 0) is 18.4 Å². The molecule has 0 N–H and O–H groups in total.